The maximum Gasteiger partial charge on any atom is 0.00388 e. The average molecular weight is 247 g/mol. The van der Waals surface area contributed by atoms with E-state index in [9.17, 15) is 0 Å². The first-order chi connectivity index (χ1) is 4.91. The Hall–Kier alpha value is 1.83. The molecule has 0 aromatic heterocycles. The van der Waals surface area contributed by atoms with Crippen LogP contribution in [-0.2, 0) is 0 Å². The SMILES string of the molecule is [SiH3]CCSSSSCC[SiH3]. The molecule has 0 rings (SSSR count). The molecular weight excluding hydrogens is 232 g/mol. The van der Waals surface area contributed by atoms with Crippen LogP contribution in [0.15, 0.2) is 0 Å². The van der Waals surface area contributed by atoms with Crippen LogP contribution in [-0.4, -0.2) is 32.0 Å². The second-order valence-electron chi connectivity index (χ2n) is 1.78. The van der Waals surface area contributed by atoms with Gasteiger partial charge in [-0.3, -0.25) is 0 Å². The van der Waals surface area contributed by atoms with Crippen LogP contribution in [0.5, 0.6) is 0 Å². The fraction of sp³-hybridized carbons (Fsp3) is 1.00. The maximum absolute atomic E-state index is 2.01. The average Bonchev–Trinajstić information content (AvgIpc) is 1.97. The van der Waals surface area contributed by atoms with Gasteiger partial charge in [-0.25, -0.2) is 0 Å². The standard InChI is InChI=1S/C4H14S4Si2/c9-3-1-5-7-8-6-2-4-10/h1-4H2,9-10H3. The number of rotatable bonds is 7. The molecule has 0 aromatic rings. The van der Waals surface area contributed by atoms with E-state index >= 15 is 0 Å². The van der Waals surface area contributed by atoms with Gasteiger partial charge in [0.15, 0.2) is 0 Å². The van der Waals surface area contributed by atoms with E-state index in [2.05, 4.69) is 0 Å². The van der Waals surface area contributed by atoms with Gasteiger partial charge in [0.25, 0.3) is 0 Å². The summed E-state index contributed by atoms with van der Waals surface area (Å²) in [5.74, 6) is 2.71. The van der Waals surface area contributed by atoms with Crippen molar-refractivity contribution in [2.75, 3.05) is 11.5 Å². The van der Waals surface area contributed by atoms with E-state index in [1.807, 2.05) is 41.2 Å². The van der Waals surface area contributed by atoms with Crippen LogP contribution in [0.4, 0.5) is 0 Å². The topological polar surface area (TPSA) is 0 Å². The Balaban J connectivity index is 2.65. The van der Waals surface area contributed by atoms with Gasteiger partial charge in [0.05, 0.1) is 0 Å². The molecule has 0 nitrogen and oxygen atoms in total. The predicted molar refractivity (Wildman–Crippen MR) is 69.6 cm³/mol. The van der Waals surface area contributed by atoms with Crippen LogP contribution < -0.4 is 0 Å². The molecule has 0 spiro atoms. The Morgan fingerprint density at radius 2 is 1.20 bits per heavy atom. The van der Waals surface area contributed by atoms with Gasteiger partial charge in [-0.1, -0.05) is 33.7 Å². The van der Waals surface area contributed by atoms with E-state index in [0.717, 1.165) is 0 Å². The summed E-state index contributed by atoms with van der Waals surface area (Å²) < 4.78 is 0. The molecule has 0 atom stereocenters. The molecule has 6 heteroatoms. The van der Waals surface area contributed by atoms with Crippen LogP contribution in [0.2, 0.25) is 12.1 Å². The minimum absolute atomic E-state index is 1.35. The van der Waals surface area contributed by atoms with Crippen molar-refractivity contribution >= 4 is 61.7 Å². The van der Waals surface area contributed by atoms with Gasteiger partial charge in [-0.15, -0.1) is 0 Å². The highest BCUT2D eigenvalue weighted by molar-refractivity contribution is 9.26. The normalized spacial score (nSPS) is 10.8. The predicted octanol–water partition coefficient (Wildman–Crippen LogP) is 1.23. The zero-order valence-corrected chi connectivity index (χ0v) is 13.7. The minimum atomic E-state index is 1.35. The lowest BCUT2D eigenvalue weighted by atomic mass is 11.0. The summed E-state index contributed by atoms with van der Waals surface area (Å²) in [5.41, 5.74) is 0. The van der Waals surface area contributed by atoms with Crippen molar-refractivity contribution in [3.8, 4) is 0 Å². The highest BCUT2D eigenvalue weighted by Crippen LogP contribution is 2.43. The quantitative estimate of drug-likeness (QED) is 0.376. The van der Waals surface area contributed by atoms with E-state index < -0.39 is 0 Å². The van der Waals surface area contributed by atoms with E-state index in [4.69, 9.17) is 0 Å². The van der Waals surface area contributed by atoms with Gasteiger partial charge >= 0.3 is 0 Å². The van der Waals surface area contributed by atoms with Gasteiger partial charge in [-0.2, -0.15) is 0 Å². The zero-order chi connectivity index (χ0) is 7.66. The Morgan fingerprint density at radius 3 is 1.50 bits per heavy atom. The van der Waals surface area contributed by atoms with Gasteiger partial charge in [0, 0.05) is 32.0 Å². The molecule has 0 saturated carbocycles. The molecule has 0 amide bonds. The van der Waals surface area contributed by atoms with Crippen molar-refractivity contribution in [3.05, 3.63) is 0 Å². The van der Waals surface area contributed by atoms with Crippen molar-refractivity contribution in [3.63, 3.8) is 0 Å². The van der Waals surface area contributed by atoms with Crippen LogP contribution in [0, 0.1) is 0 Å². The molecule has 0 aliphatic carbocycles. The Kier molecular flexibility index (Phi) is 12.8. The molecule has 0 radical (unpaired) electrons. The van der Waals surface area contributed by atoms with Crippen molar-refractivity contribution in [2.45, 2.75) is 12.1 Å². The largest absolute Gasteiger partial charge is 0.0821 e. The minimum Gasteiger partial charge on any atom is -0.0821 e. The molecule has 0 aliphatic rings. The molecule has 0 aromatic carbocycles. The molecule has 62 valence electrons. The van der Waals surface area contributed by atoms with Crippen molar-refractivity contribution in [1.29, 1.82) is 0 Å². The summed E-state index contributed by atoms with van der Waals surface area (Å²) >= 11 is 0. The van der Waals surface area contributed by atoms with E-state index in [0.29, 0.717) is 0 Å². The summed E-state index contributed by atoms with van der Waals surface area (Å²) in [7, 11) is 10.6. The van der Waals surface area contributed by atoms with Gasteiger partial charge in [-0.05, 0) is 19.7 Å². The van der Waals surface area contributed by atoms with Crippen LogP contribution in [0.25, 0.3) is 0 Å². The molecule has 0 aliphatic heterocycles. The summed E-state index contributed by atoms with van der Waals surface area (Å²) in [5, 5.41) is 0. The third kappa shape index (κ3) is 9.83. The lowest BCUT2D eigenvalue weighted by Crippen LogP contribution is -1.70. The molecule has 0 heterocycles. The summed E-state index contributed by atoms with van der Waals surface area (Å²) in [6.07, 6.45) is 0. The smallest absolute Gasteiger partial charge is 0.00388 e. The Morgan fingerprint density at radius 1 is 0.800 bits per heavy atom. The zero-order valence-electron chi connectivity index (χ0n) is 6.46. The second-order valence-corrected chi connectivity index (χ2v) is 10.0. The lowest BCUT2D eigenvalue weighted by Gasteiger charge is -1.95. The molecule has 0 N–H and O–H groups in total. The first-order valence-corrected chi connectivity index (χ1v) is 11.5. The highest BCUT2D eigenvalue weighted by Gasteiger charge is 1.89. The summed E-state index contributed by atoms with van der Waals surface area (Å²) in [4.78, 5) is 0. The van der Waals surface area contributed by atoms with Crippen molar-refractivity contribution in [1.82, 2.24) is 0 Å². The van der Waals surface area contributed by atoms with Crippen LogP contribution in [0.3, 0.4) is 0 Å². The van der Waals surface area contributed by atoms with Crippen LogP contribution in [0.1, 0.15) is 0 Å². The summed E-state index contributed by atoms with van der Waals surface area (Å²) in [6, 6.07) is 2.87. The fourth-order valence-electron chi connectivity index (χ4n) is 0.274. The molecule has 10 heavy (non-hydrogen) atoms. The fourth-order valence-corrected chi connectivity index (χ4v) is 9.52. The summed E-state index contributed by atoms with van der Waals surface area (Å²) in [6.45, 7) is 0. The molecule has 0 saturated heterocycles. The third-order valence-electron chi connectivity index (χ3n) is 0.699. The van der Waals surface area contributed by atoms with Crippen molar-refractivity contribution in [2.24, 2.45) is 0 Å². The van der Waals surface area contributed by atoms with Crippen LogP contribution >= 0.6 is 41.2 Å². The van der Waals surface area contributed by atoms with Gasteiger partial charge in [0.2, 0.25) is 0 Å². The van der Waals surface area contributed by atoms with E-state index in [1.54, 1.807) is 0 Å². The number of hydrogen-bond acceptors (Lipinski definition) is 4. The lowest BCUT2D eigenvalue weighted by molar-refractivity contribution is 1.52. The van der Waals surface area contributed by atoms with Gasteiger partial charge < -0.3 is 0 Å². The first-order valence-electron chi connectivity index (χ1n) is 3.49. The number of hydrogen-bond donors (Lipinski definition) is 0. The Bertz CT molecular complexity index is 55.2. The molecule has 0 unspecified atom stereocenters. The van der Waals surface area contributed by atoms with Gasteiger partial charge in [0.1, 0.15) is 0 Å². The maximum atomic E-state index is 2.01. The molecule has 0 fully saturated rings. The molecule has 0 bridgehead atoms. The Labute approximate surface area is 84.9 Å². The highest BCUT2D eigenvalue weighted by atomic mass is 33.7. The molecular formula is C4H14S4Si2. The second kappa shape index (κ2) is 10.8. The third-order valence-corrected chi connectivity index (χ3v) is 10.0. The monoisotopic (exact) mass is 246 g/mol. The van der Waals surface area contributed by atoms with E-state index in [1.165, 1.54) is 44.1 Å². The van der Waals surface area contributed by atoms with E-state index in [-0.39, 0.29) is 0 Å². The first kappa shape index (κ1) is 11.8. The van der Waals surface area contributed by atoms with Crippen molar-refractivity contribution < 1.29 is 0 Å².